The van der Waals surface area contributed by atoms with Gasteiger partial charge in [-0.25, -0.2) is 0 Å². The molecule has 3 N–H and O–H groups in total. The topological polar surface area (TPSA) is 128 Å². The van der Waals surface area contributed by atoms with E-state index in [0.29, 0.717) is 67.1 Å². The average Bonchev–Trinajstić information content (AvgIpc) is 3.36. The highest BCUT2D eigenvalue weighted by Gasteiger charge is 2.29. The van der Waals surface area contributed by atoms with Gasteiger partial charge in [0.05, 0.1) is 39.3 Å². The first-order valence-electron chi connectivity index (χ1n) is 14.1. The molecule has 42 heavy (non-hydrogen) atoms. The van der Waals surface area contributed by atoms with Crippen LogP contribution in [-0.4, -0.2) is 45.7 Å². The molecule has 1 heterocycles. The van der Waals surface area contributed by atoms with E-state index in [9.17, 15) is 14.4 Å². The van der Waals surface area contributed by atoms with Crippen molar-refractivity contribution in [2.75, 3.05) is 33.2 Å². The van der Waals surface area contributed by atoms with Gasteiger partial charge < -0.3 is 34.6 Å². The molecular formula is C32H39N3O7. The lowest BCUT2D eigenvalue weighted by Gasteiger charge is -2.19. The number of amides is 2. The fourth-order valence-electron chi connectivity index (χ4n) is 5.45. The van der Waals surface area contributed by atoms with E-state index < -0.39 is 0 Å². The lowest BCUT2D eigenvalue weighted by Crippen LogP contribution is -2.34. The zero-order chi connectivity index (χ0) is 30.2. The monoisotopic (exact) mass is 577 g/mol. The largest absolute Gasteiger partial charge is 0.493 e. The molecule has 2 aromatic carbocycles. The maximum Gasteiger partial charge on any atom is 0.220 e. The Hall–Kier alpha value is -4.47. The van der Waals surface area contributed by atoms with Gasteiger partial charge in [-0.3, -0.25) is 14.4 Å². The van der Waals surface area contributed by atoms with Gasteiger partial charge in [0, 0.05) is 37.9 Å². The zero-order valence-corrected chi connectivity index (χ0v) is 24.8. The molecule has 2 amide bonds. The molecule has 10 nitrogen and oxygen atoms in total. The number of ether oxygens (including phenoxy) is 3. The lowest BCUT2D eigenvalue weighted by atomic mass is 9.95. The Bertz CT molecular complexity index is 1470. The highest BCUT2D eigenvalue weighted by molar-refractivity contribution is 5.83. The number of fused-ring (bicyclic) bond motifs is 3. The van der Waals surface area contributed by atoms with Crippen LogP contribution in [0.15, 0.2) is 51.9 Å². The van der Waals surface area contributed by atoms with Crippen LogP contribution in [0.2, 0.25) is 0 Å². The number of carbonyl (C=O) groups excluding carboxylic acids is 2. The summed E-state index contributed by atoms with van der Waals surface area (Å²) >= 11 is 0. The second-order valence-corrected chi connectivity index (χ2v) is 10.4. The predicted molar refractivity (Wildman–Crippen MR) is 160 cm³/mol. The summed E-state index contributed by atoms with van der Waals surface area (Å²) in [5, 5.41) is 9.19. The summed E-state index contributed by atoms with van der Waals surface area (Å²) in [5.41, 5.74) is 3.38. The van der Waals surface area contributed by atoms with Crippen LogP contribution in [0.1, 0.15) is 56.0 Å². The Morgan fingerprint density at radius 2 is 1.86 bits per heavy atom. The summed E-state index contributed by atoms with van der Waals surface area (Å²) in [7, 11) is 4.69. The van der Waals surface area contributed by atoms with Crippen LogP contribution in [0, 0.1) is 0 Å². The summed E-state index contributed by atoms with van der Waals surface area (Å²) in [6, 6.07) is 10.4. The van der Waals surface area contributed by atoms with Crippen molar-refractivity contribution in [3.05, 3.63) is 69.8 Å². The van der Waals surface area contributed by atoms with E-state index in [0.717, 1.165) is 22.5 Å². The van der Waals surface area contributed by atoms with Crippen molar-refractivity contribution < 1.29 is 28.2 Å². The van der Waals surface area contributed by atoms with E-state index in [-0.39, 0.29) is 29.3 Å². The van der Waals surface area contributed by atoms with Crippen molar-refractivity contribution in [3.63, 3.8) is 0 Å². The molecule has 0 saturated carbocycles. The van der Waals surface area contributed by atoms with Crippen LogP contribution >= 0.6 is 0 Å². The summed E-state index contributed by atoms with van der Waals surface area (Å²) in [5.74, 6) is 2.06. The number of anilines is 1. The molecule has 0 radical (unpaired) electrons. The summed E-state index contributed by atoms with van der Waals surface area (Å²) in [4.78, 5) is 38.0. The van der Waals surface area contributed by atoms with Crippen molar-refractivity contribution in [3.8, 4) is 28.4 Å². The number of hydrogen-bond donors (Lipinski definition) is 3. The van der Waals surface area contributed by atoms with E-state index in [4.69, 9.17) is 18.6 Å². The average molecular weight is 578 g/mol. The Kier molecular flexibility index (Phi) is 10.1. The van der Waals surface area contributed by atoms with E-state index in [2.05, 4.69) is 16.0 Å². The van der Waals surface area contributed by atoms with Crippen molar-refractivity contribution in [2.45, 2.75) is 58.0 Å². The Morgan fingerprint density at radius 3 is 2.52 bits per heavy atom. The number of hydrogen-bond acceptors (Lipinski definition) is 8. The van der Waals surface area contributed by atoms with Crippen LogP contribution < -0.4 is 35.6 Å². The second-order valence-electron chi connectivity index (χ2n) is 10.4. The van der Waals surface area contributed by atoms with Gasteiger partial charge in [-0.1, -0.05) is 6.07 Å². The standard InChI is InChI=1S/C32H39N3O7/c1-19(16-22-8-7-15-42-22)34-29(38)9-6-14-33-26-13-11-23-24(18-27(26)37)25(35-20(2)36)12-10-21-17-28(39-3)31(40-4)32(41-5)30(21)23/h7-8,11,13,15,17-19,25H,6,9-10,12,14,16H2,1-5H3,(H,33,37)(H,34,38)(H,35,36)/t19?,25-/m0/s1. The van der Waals surface area contributed by atoms with Gasteiger partial charge in [-0.2, -0.15) is 0 Å². The number of furan rings is 1. The quantitative estimate of drug-likeness (QED) is 0.271. The van der Waals surface area contributed by atoms with Crippen LogP contribution in [0.25, 0.3) is 11.1 Å². The third kappa shape index (κ3) is 7.05. The van der Waals surface area contributed by atoms with Gasteiger partial charge in [0.2, 0.25) is 23.0 Å². The van der Waals surface area contributed by atoms with Crippen LogP contribution in [-0.2, 0) is 22.4 Å². The minimum atomic E-state index is -0.383. The minimum absolute atomic E-state index is 0.0524. The Balaban J connectivity index is 1.57. The summed E-state index contributed by atoms with van der Waals surface area (Å²) in [6.07, 6.45) is 4.29. The third-order valence-electron chi connectivity index (χ3n) is 7.31. The normalized spacial score (nSPS) is 14.5. The molecule has 2 atom stereocenters. The molecule has 0 bridgehead atoms. The first kappa shape index (κ1) is 30.5. The Morgan fingerprint density at radius 1 is 1.07 bits per heavy atom. The molecule has 1 aliphatic rings. The predicted octanol–water partition coefficient (Wildman–Crippen LogP) is 4.40. The van der Waals surface area contributed by atoms with Gasteiger partial charge >= 0.3 is 0 Å². The number of nitrogens with one attached hydrogen (secondary N) is 3. The van der Waals surface area contributed by atoms with Gasteiger partial charge in [0.15, 0.2) is 11.5 Å². The molecule has 0 saturated heterocycles. The summed E-state index contributed by atoms with van der Waals surface area (Å²) < 4.78 is 22.4. The summed E-state index contributed by atoms with van der Waals surface area (Å²) in [6.45, 7) is 3.83. The van der Waals surface area contributed by atoms with Crippen molar-refractivity contribution >= 4 is 17.5 Å². The SMILES string of the molecule is COc1cc2c(c(OC)c1OC)-c1ccc(NCCCC(=O)NC(C)Cc3ccco3)c(=O)cc1[C@@H](NC(C)=O)CC2. The minimum Gasteiger partial charge on any atom is -0.493 e. The van der Waals surface area contributed by atoms with E-state index in [1.165, 1.54) is 6.92 Å². The maximum absolute atomic E-state index is 13.4. The van der Waals surface area contributed by atoms with Gasteiger partial charge in [0.1, 0.15) is 5.76 Å². The fraction of sp³-hybridized carbons (Fsp3) is 0.406. The fourth-order valence-corrected chi connectivity index (χ4v) is 5.45. The van der Waals surface area contributed by atoms with Crippen LogP contribution in [0.3, 0.4) is 0 Å². The van der Waals surface area contributed by atoms with Crippen molar-refractivity contribution in [2.24, 2.45) is 0 Å². The van der Waals surface area contributed by atoms with Crippen molar-refractivity contribution in [1.82, 2.24) is 10.6 Å². The molecule has 0 aliphatic heterocycles. The second kappa shape index (κ2) is 13.9. The van der Waals surface area contributed by atoms with Crippen LogP contribution in [0.4, 0.5) is 5.69 Å². The highest BCUT2D eigenvalue weighted by Crippen LogP contribution is 2.50. The number of carbonyl (C=O) groups is 2. The first-order valence-corrected chi connectivity index (χ1v) is 14.1. The van der Waals surface area contributed by atoms with Crippen LogP contribution in [0.5, 0.6) is 17.2 Å². The van der Waals surface area contributed by atoms with Crippen molar-refractivity contribution in [1.29, 1.82) is 0 Å². The number of aryl methyl sites for hydroxylation is 1. The number of benzene rings is 1. The maximum atomic E-state index is 13.4. The smallest absolute Gasteiger partial charge is 0.220 e. The van der Waals surface area contributed by atoms with E-state index in [1.54, 1.807) is 39.7 Å². The number of methoxy groups -OCH3 is 3. The Labute approximate surface area is 245 Å². The van der Waals surface area contributed by atoms with E-state index >= 15 is 0 Å². The molecule has 4 rings (SSSR count). The van der Waals surface area contributed by atoms with Gasteiger partial charge in [-0.15, -0.1) is 0 Å². The molecule has 0 fully saturated rings. The number of rotatable bonds is 12. The molecule has 224 valence electrons. The molecule has 1 aromatic heterocycles. The molecule has 1 unspecified atom stereocenters. The molecule has 3 aromatic rings. The zero-order valence-electron chi connectivity index (χ0n) is 24.8. The molecule has 10 heteroatoms. The highest BCUT2D eigenvalue weighted by atomic mass is 16.5. The lowest BCUT2D eigenvalue weighted by molar-refractivity contribution is -0.122. The third-order valence-corrected chi connectivity index (χ3v) is 7.31. The van der Waals surface area contributed by atoms with E-state index in [1.807, 2.05) is 31.2 Å². The van der Waals surface area contributed by atoms with Gasteiger partial charge in [0.25, 0.3) is 0 Å². The molecule has 1 aliphatic carbocycles. The van der Waals surface area contributed by atoms with Gasteiger partial charge in [-0.05, 0) is 73.2 Å². The first-order chi connectivity index (χ1) is 20.2. The molecular weight excluding hydrogens is 538 g/mol. The molecule has 0 spiro atoms.